The van der Waals surface area contributed by atoms with Crippen LogP contribution < -0.4 is 14.8 Å². The van der Waals surface area contributed by atoms with E-state index in [1.165, 1.54) is 26.7 Å². The lowest BCUT2D eigenvalue weighted by Gasteiger charge is -2.31. The molecule has 1 aromatic heterocycles. The molecule has 0 bridgehead atoms. The van der Waals surface area contributed by atoms with E-state index in [2.05, 4.69) is 5.32 Å². The molecule has 7 nitrogen and oxygen atoms in total. The molecular formula is C19H21ClN2O5. The molecule has 1 aromatic carbocycles. The lowest BCUT2D eigenvalue weighted by molar-refractivity contribution is -0.121. The van der Waals surface area contributed by atoms with Gasteiger partial charge in [0, 0.05) is 31.1 Å². The van der Waals surface area contributed by atoms with Gasteiger partial charge in [-0.2, -0.15) is 0 Å². The Morgan fingerprint density at radius 3 is 2.48 bits per heavy atom. The molecule has 144 valence electrons. The van der Waals surface area contributed by atoms with Crippen molar-refractivity contribution in [3.63, 3.8) is 0 Å². The van der Waals surface area contributed by atoms with Crippen LogP contribution in [0.15, 0.2) is 35.1 Å². The largest absolute Gasteiger partial charge is 0.495 e. The van der Waals surface area contributed by atoms with Crippen molar-refractivity contribution >= 4 is 29.1 Å². The number of ether oxygens (including phenoxy) is 2. The molecule has 0 saturated carbocycles. The highest BCUT2D eigenvalue weighted by Crippen LogP contribution is 2.36. The zero-order valence-corrected chi connectivity index (χ0v) is 15.9. The first-order chi connectivity index (χ1) is 13.0. The Kier molecular flexibility index (Phi) is 5.91. The minimum atomic E-state index is -0.190. The third-order valence-electron chi connectivity index (χ3n) is 4.65. The Morgan fingerprint density at radius 1 is 1.19 bits per heavy atom. The van der Waals surface area contributed by atoms with Gasteiger partial charge in [0.1, 0.15) is 17.8 Å². The Morgan fingerprint density at radius 2 is 1.89 bits per heavy atom. The van der Waals surface area contributed by atoms with E-state index in [0.29, 0.717) is 53.7 Å². The van der Waals surface area contributed by atoms with Crippen molar-refractivity contribution in [3.8, 4) is 11.5 Å². The van der Waals surface area contributed by atoms with Gasteiger partial charge in [-0.1, -0.05) is 11.6 Å². The van der Waals surface area contributed by atoms with Crippen LogP contribution in [0.4, 0.5) is 5.69 Å². The number of carbonyl (C=O) groups is 2. The summed E-state index contributed by atoms with van der Waals surface area (Å²) in [5.74, 6) is 0.527. The summed E-state index contributed by atoms with van der Waals surface area (Å²) in [6.45, 7) is 1.03. The minimum Gasteiger partial charge on any atom is -0.495 e. The molecule has 1 saturated heterocycles. The molecule has 8 heteroatoms. The predicted molar refractivity (Wildman–Crippen MR) is 101 cm³/mol. The van der Waals surface area contributed by atoms with E-state index in [1.807, 2.05) is 0 Å². The Balaban J connectivity index is 1.62. The number of likely N-dealkylation sites (tertiary alicyclic amines) is 1. The van der Waals surface area contributed by atoms with Crippen molar-refractivity contribution in [2.45, 2.75) is 12.8 Å². The number of anilines is 1. The monoisotopic (exact) mass is 392 g/mol. The van der Waals surface area contributed by atoms with Crippen LogP contribution in [-0.2, 0) is 4.79 Å². The number of piperidine rings is 1. The van der Waals surface area contributed by atoms with Crippen LogP contribution >= 0.6 is 11.6 Å². The van der Waals surface area contributed by atoms with E-state index in [4.69, 9.17) is 25.5 Å². The molecule has 2 heterocycles. The van der Waals surface area contributed by atoms with Crippen molar-refractivity contribution in [2.24, 2.45) is 5.92 Å². The second kappa shape index (κ2) is 8.35. The summed E-state index contributed by atoms with van der Waals surface area (Å²) in [7, 11) is 3.01. The first-order valence-corrected chi connectivity index (χ1v) is 8.95. The maximum absolute atomic E-state index is 12.7. The first kappa shape index (κ1) is 19.1. The number of hydrogen-bond acceptors (Lipinski definition) is 5. The lowest BCUT2D eigenvalue weighted by Crippen LogP contribution is -2.41. The summed E-state index contributed by atoms with van der Waals surface area (Å²) in [4.78, 5) is 26.7. The molecular weight excluding hydrogens is 372 g/mol. The van der Waals surface area contributed by atoms with Gasteiger partial charge in [-0.15, -0.1) is 0 Å². The van der Waals surface area contributed by atoms with Gasteiger partial charge in [0.25, 0.3) is 5.91 Å². The summed E-state index contributed by atoms with van der Waals surface area (Å²) in [5, 5.41) is 3.29. The molecule has 0 aliphatic carbocycles. The Labute approximate surface area is 162 Å². The molecule has 2 aromatic rings. The smallest absolute Gasteiger partial charge is 0.257 e. The van der Waals surface area contributed by atoms with Crippen molar-refractivity contribution < 1.29 is 23.5 Å². The van der Waals surface area contributed by atoms with E-state index in [0.717, 1.165) is 0 Å². The Bertz CT molecular complexity index is 814. The van der Waals surface area contributed by atoms with Crippen molar-refractivity contribution in [3.05, 3.63) is 41.3 Å². The summed E-state index contributed by atoms with van der Waals surface area (Å²) in [5.41, 5.74) is 1.02. The number of halogens is 1. The summed E-state index contributed by atoms with van der Waals surface area (Å²) in [6, 6.07) is 4.88. The second-order valence-corrected chi connectivity index (χ2v) is 6.66. The maximum atomic E-state index is 12.7. The molecule has 0 spiro atoms. The quantitative estimate of drug-likeness (QED) is 0.842. The van der Waals surface area contributed by atoms with Gasteiger partial charge in [0.15, 0.2) is 0 Å². The van der Waals surface area contributed by atoms with Gasteiger partial charge < -0.3 is 24.1 Å². The summed E-state index contributed by atoms with van der Waals surface area (Å²) >= 11 is 6.09. The number of amides is 2. The lowest BCUT2D eigenvalue weighted by atomic mass is 9.95. The average molecular weight is 393 g/mol. The van der Waals surface area contributed by atoms with E-state index in [1.54, 1.807) is 23.1 Å². The maximum Gasteiger partial charge on any atom is 0.257 e. The molecule has 27 heavy (non-hydrogen) atoms. The minimum absolute atomic E-state index is 0.0771. The van der Waals surface area contributed by atoms with E-state index < -0.39 is 0 Å². The number of furan rings is 1. The highest BCUT2D eigenvalue weighted by atomic mass is 35.5. The van der Waals surface area contributed by atoms with E-state index in [-0.39, 0.29) is 17.7 Å². The number of benzene rings is 1. The molecule has 0 radical (unpaired) electrons. The Hall–Kier alpha value is -2.67. The highest BCUT2D eigenvalue weighted by molar-refractivity contribution is 6.32. The molecule has 2 amide bonds. The van der Waals surface area contributed by atoms with E-state index >= 15 is 0 Å². The fourth-order valence-corrected chi connectivity index (χ4v) is 3.34. The van der Waals surface area contributed by atoms with Gasteiger partial charge in [0.05, 0.1) is 36.8 Å². The fourth-order valence-electron chi connectivity index (χ4n) is 3.11. The molecule has 0 atom stereocenters. The van der Waals surface area contributed by atoms with Crippen LogP contribution in [0.2, 0.25) is 5.02 Å². The van der Waals surface area contributed by atoms with Gasteiger partial charge in [-0.25, -0.2) is 0 Å². The zero-order valence-electron chi connectivity index (χ0n) is 15.2. The molecule has 3 rings (SSSR count). The third kappa shape index (κ3) is 4.19. The second-order valence-electron chi connectivity index (χ2n) is 6.25. The topological polar surface area (TPSA) is 81.0 Å². The molecule has 1 aliphatic heterocycles. The van der Waals surface area contributed by atoms with Crippen LogP contribution in [0, 0.1) is 5.92 Å². The average Bonchev–Trinajstić information content (AvgIpc) is 3.23. The van der Waals surface area contributed by atoms with E-state index in [9.17, 15) is 9.59 Å². The number of nitrogens with zero attached hydrogens (tertiary/aromatic N) is 1. The third-order valence-corrected chi connectivity index (χ3v) is 4.95. The van der Waals surface area contributed by atoms with Gasteiger partial charge in [-0.05, 0) is 18.9 Å². The molecule has 0 unspecified atom stereocenters. The van der Waals surface area contributed by atoms with Crippen molar-refractivity contribution in [1.29, 1.82) is 0 Å². The summed E-state index contributed by atoms with van der Waals surface area (Å²) < 4.78 is 15.4. The number of nitrogens with one attached hydrogen (secondary N) is 1. The van der Waals surface area contributed by atoms with Gasteiger partial charge >= 0.3 is 0 Å². The number of carbonyl (C=O) groups excluding carboxylic acids is 2. The normalized spacial score (nSPS) is 14.7. The molecule has 1 aliphatic rings. The van der Waals surface area contributed by atoms with Gasteiger partial charge in [-0.3, -0.25) is 9.59 Å². The van der Waals surface area contributed by atoms with Crippen molar-refractivity contribution in [2.75, 3.05) is 32.6 Å². The molecule has 1 fully saturated rings. The fraction of sp³-hybridized carbons (Fsp3) is 0.368. The van der Waals surface area contributed by atoms with Crippen LogP contribution in [0.5, 0.6) is 11.5 Å². The van der Waals surface area contributed by atoms with Gasteiger partial charge in [0.2, 0.25) is 5.91 Å². The first-order valence-electron chi connectivity index (χ1n) is 8.57. The number of methoxy groups -OCH3 is 2. The standard InChI is InChI=1S/C19H21ClN2O5/c1-25-16-10-15(17(26-2)9-14(16)20)21-18(23)12-3-6-22(7-4-12)19(24)13-5-8-27-11-13/h5,8-12H,3-4,6-7H2,1-2H3,(H,21,23). The number of hydrogen-bond donors (Lipinski definition) is 1. The SMILES string of the molecule is COc1cc(NC(=O)C2CCN(C(=O)c3ccoc3)CC2)c(OC)cc1Cl. The van der Waals surface area contributed by atoms with Crippen LogP contribution in [0.1, 0.15) is 23.2 Å². The predicted octanol–water partition coefficient (Wildman–Crippen LogP) is 3.44. The molecule has 1 N–H and O–H groups in total. The van der Waals surface area contributed by atoms with Crippen LogP contribution in [0.25, 0.3) is 0 Å². The zero-order chi connectivity index (χ0) is 19.4. The van der Waals surface area contributed by atoms with Crippen LogP contribution in [-0.4, -0.2) is 44.0 Å². The van der Waals surface area contributed by atoms with Crippen LogP contribution in [0.3, 0.4) is 0 Å². The van der Waals surface area contributed by atoms with Crippen molar-refractivity contribution in [1.82, 2.24) is 4.90 Å². The number of rotatable bonds is 5. The summed E-state index contributed by atoms with van der Waals surface area (Å²) in [6.07, 6.45) is 4.08. The highest BCUT2D eigenvalue weighted by Gasteiger charge is 2.28.